The summed E-state index contributed by atoms with van der Waals surface area (Å²) in [4.78, 5) is 32.6. The van der Waals surface area contributed by atoms with Crippen molar-refractivity contribution in [3.05, 3.63) is 75.6 Å². The molecule has 0 fully saturated rings. The molecule has 2 heterocycles. The molecular weight excluding hydrogens is 354 g/mol. The fourth-order valence-corrected chi connectivity index (χ4v) is 3.07. The van der Waals surface area contributed by atoms with Crippen molar-refractivity contribution in [1.29, 1.82) is 0 Å². The average Bonchev–Trinajstić information content (AvgIpc) is 2.65. The maximum Gasteiger partial charge on any atom is 0.348 e. The van der Waals surface area contributed by atoms with E-state index < -0.39 is 0 Å². The van der Waals surface area contributed by atoms with E-state index in [9.17, 15) is 9.59 Å². The van der Waals surface area contributed by atoms with Gasteiger partial charge in [-0.3, -0.25) is 9.36 Å². The number of aryl methyl sites for hydroxylation is 3. The number of nitrogens with zero attached hydrogens (tertiary/aromatic N) is 3. The van der Waals surface area contributed by atoms with Crippen molar-refractivity contribution < 1.29 is 4.79 Å². The number of carbonyl (C=O) groups is 1. The zero-order valence-corrected chi connectivity index (χ0v) is 16.2. The summed E-state index contributed by atoms with van der Waals surface area (Å²) in [6, 6.07) is 11.0. The van der Waals surface area contributed by atoms with E-state index in [0.29, 0.717) is 30.2 Å². The molecule has 7 nitrogen and oxygen atoms in total. The van der Waals surface area contributed by atoms with Crippen LogP contribution in [0.25, 0.3) is 11.1 Å². The van der Waals surface area contributed by atoms with Crippen molar-refractivity contribution in [1.82, 2.24) is 19.9 Å². The molecule has 144 valence electrons. The normalized spacial score (nSPS) is 10.7. The van der Waals surface area contributed by atoms with Gasteiger partial charge in [-0.05, 0) is 56.2 Å². The van der Waals surface area contributed by atoms with E-state index in [2.05, 4.69) is 15.3 Å². The molecule has 0 saturated heterocycles. The van der Waals surface area contributed by atoms with Crippen molar-refractivity contribution in [2.45, 2.75) is 27.3 Å². The molecule has 0 unspecified atom stereocenters. The monoisotopic (exact) mass is 377 g/mol. The molecule has 2 aromatic heterocycles. The van der Waals surface area contributed by atoms with Crippen molar-refractivity contribution in [2.75, 3.05) is 12.3 Å². The maximum atomic E-state index is 12.5. The molecule has 0 saturated carbocycles. The number of aromatic nitrogens is 3. The number of nitrogens with one attached hydrogen (secondary N) is 1. The molecule has 3 rings (SSSR count). The minimum absolute atomic E-state index is 0.216. The Morgan fingerprint density at radius 2 is 1.96 bits per heavy atom. The lowest BCUT2D eigenvalue weighted by Crippen LogP contribution is -2.33. The molecule has 0 bridgehead atoms. The van der Waals surface area contributed by atoms with Gasteiger partial charge in [-0.2, -0.15) is 4.98 Å². The fourth-order valence-electron chi connectivity index (χ4n) is 3.07. The number of hydrogen-bond acceptors (Lipinski definition) is 5. The minimum Gasteiger partial charge on any atom is -0.383 e. The van der Waals surface area contributed by atoms with Crippen molar-refractivity contribution >= 4 is 11.7 Å². The Labute approximate surface area is 163 Å². The van der Waals surface area contributed by atoms with Crippen molar-refractivity contribution in [3.63, 3.8) is 0 Å². The molecule has 0 spiro atoms. The molecule has 0 radical (unpaired) electrons. The number of carbonyl (C=O) groups excluding carboxylic acids is 1. The predicted octanol–water partition coefficient (Wildman–Crippen LogP) is 2.24. The second kappa shape index (κ2) is 8.04. The lowest BCUT2D eigenvalue weighted by molar-refractivity contribution is 0.0952. The summed E-state index contributed by atoms with van der Waals surface area (Å²) in [5.41, 5.74) is 10.3. The van der Waals surface area contributed by atoms with Crippen LogP contribution in [0, 0.1) is 20.8 Å². The Hall–Kier alpha value is -3.48. The molecular formula is C21H23N5O2. The van der Waals surface area contributed by atoms with E-state index in [1.54, 1.807) is 29.8 Å². The van der Waals surface area contributed by atoms with Gasteiger partial charge < -0.3 is 11.1 Å². The summed E-state index contributed by atoms with van der Waals surface area (Å²) >= 11 is 0. The number of amides is 1. The largest absolute Gasteiger partial charge is 0.383 e. The topological polar surface area (TPSA) is 103 Å². The van der Waals surface area contributed by atoms with E-state index in [-0.39, 0.29) is 11.6 Å². The maximum absolute atomic E-state index is 12.5. The Balaban J connectivity index is 1.72. The summed E-state index contributed by atoms with van der Waals surface area (Å²) in [6.07, 6.45) is 1.71. The standard InChI is InChI=1S/C21H23N5O2/c1-13-9-18(19(22)24-12-13)16-5-4-6-17(11-16)20(27)23-7-8-26-15(3)10-14(2)25-21(26)28/h4-6,9-12H,7-8H2,1-3H3,(H2,22,24)(H,23,27). The first-order valence-electron chi connectivity index (χ1n) is 9.01. The van der Waals surface area contributed by atoms with E-state index >= 15 is 0 Å². The number of anilines is 1. The highest BCUT2D eigenvalue weighted by Gasteiger charge is 2.10. The van der Waals surface area contributed by atoms with Crippen LogP contribution in [0.4, 0.5) is 5.82 Å². The van der Waals surface area contributed by atoms with Crippen molar-refractivity contribution in [2.24, 2.45) is 0 Å². The van der Waals surface area contributed by atoms with Crippen LogP contribution < -0.4 is 16.7 Å². The summed E-state index contributed by atoms with van der Waals surface area (Å²) in [7, 11) is 0. The van der Waals surface area contributed by atoms with Gasteiger partial charge >= 0.3 is 5.69 Å². The fraction of sp³-hybridized carbons (Fsp3) is 0.238. The highest BCUT2D eigenvalue weighted by atomic mass is 16.2. The van der Waals surface area contributed by atoms with Crippen LogP contribution >= 0.6 is 0 Å². The smallest absolute Gasteiger partial charge is 0.348 e. The first-order chi connectivity index (χ1) is 13.3. The van der Waals surface area contributed by atoms with Crippen LogP contribution in [0.2, 0.25) is 0 Å². The predicted molar refractivity (Wildman–Crippen MR) is 109 cm³/mol. The summed E-state index contributed by atoms with van der Waals surface area (Å²) in [5, 5.41) is 2.85. The average molecular weight is 377 g/mol. The summed E-state index contributed by atoms with van der Waals surface area (Å²) in [6.45, 7) is 6.25. The van der Waals surface area contributed by atoms with E-state index in [0.717, 1.165) is 22.4 Å². The molecule has 1 aromatic carbocycles. The van der Waals surface area contributed by atoms with Gasteiger partial charge in [-0.25, -0.2) is 9.78 Å². The van der Waals surface area contributed by atoms with Gasteiger partial charge in [0.1, 0.15) is 5.82 Å². The van der Waals surface area contributed by atoms with Gasteiger partial charge in [0.05, 0.1) is 0 Å². The Bertz CT molecular complexity index is 1090. The van der Waals surface area contributed by atoms with E-state index in [1.165, 1.54) is 0 Å². The minimum atomic E-state index is -0.309. The van der Waals surface area contributed by atoms with E-state index in [4.69, 9.17) is 5.73 Å². The number of hydrogen-bond donors (Lipinski definition) is 2. The van der Waals surface area contributed by atoms with Crippen LogP contribution in [0.5, 0.6) is 0 Å². The highest BCUT2D eigenvalue weighted by Crippen LogP contribution is 2.25. The molecule has 1 amide bonds. The Morgan fingerprint density at radius 3 is 2.71 bits per heavy atom. The molecule has 28 heavy (non-hydrogen) atoms. The van der Waals surface area contributed by atoms with Crippen LogP contribution in [0.3, 0.4) is 0 Å². The van der Waals surface area contributed by atoms with Crippen molar-refractivity contribution in [3.8, 4) is 11.1 Å². The van der Waals surface area contributed by atoms with Crippen LogP contribution in [-0.4, -0.2) is 27.0 Å². The second-order valence-electron chi connectivity index (χ2n) is 6.76. The summed E-state index contributed by atoms with van der Waals surface area (Å²) in [5.74, 6) is 0.205. The SMILES string of the molecule is Cc1cnc(N)c(-c2cccc(C(=O)NCCn3c(C)cc(C)nc3=O)c2)c1. The van der Waals surface area contributed by atoms with Crippen LogP contribution in [0.1, 0.15) is 27.3 Å². The van der Waals surface area contributed by atoms with Crippen LogP contribution in [0.15, 0.2) is 47.4 Å². The van der Waals surface area contributed by atoms with Gasteiger partial charge in [0.15, 0.2) is 0 Å². The van der Waals surface area contributed by atoms with Gasteiger partial charge in [0.2, 0.25) is 0 Å². The van der Waals surface area contributed by atoms with Crippen LogP contribution in [-0.2, 0) is 6.54 Å². The molecule has 3 N–H and O–H groups in total. The summed E-state index contributed by atoms with van der Waals surface area (Å²) < 4.78 is 1.54. The van der Waals surface area contributed by atoms with Gasteiger partial charge in [-0.15, -0.1) is 0 Å². The van der Waals surface area contributed by atoms with E-state index in [1.807, 2.05) is 38.1 Å². The zero-order chi connectivity index (χ0) is 20.3. The van der Waals surface area contributed by atoms with Gasteiger partial charge in [0, 0.05) is 41.8 Å². The first kappa shape index (κ1) is 19.3. The first-order valence-corrected chi connectivity index (χ1v) is 9.01. The quantitative estimate of drug-likeness (QED) is 0.710. The third-order valence-corrected chi connectivity index (χ3v) is 4.46. The molecule has 3 aromatic rings. The number of nitrogens with two attached hydrogens (primary N) is 1. The van der Waals surface area contributed by atoms with Gasteiger partial charge in [0.25, 0.3) is 5.91 Å². The third-order valence-electron chi connectivity index (χ3n) is 4.46. The lowest BCUT2D eigenvalue weighted by Gasteiger charge is -2.11. The molecule has 0 aliphatic carbocycles. The number of rotatable bonds is 5. The molecule has 0 aliphatic rings. The number of pyridine rings is 1. The lowest BCUT2D eigenvalue weighted by atomic mass is 10.0. The third kappa shape index (κ3) is 4.25. The van der Waals surface area contributed by atoms with Gasteiger partial charge in [-0.1, -0.05) is 12.1 Å². The highest BCUT2D eigenvalue weighted by molar-refractivity contribution is 5.95. The number of benzene rings is 1. The Kier molecular flexibility index (Phi) is 5.54. The number of nitrogen functional groups attached to an aromatic ring is 1. The Morgan fingerprint density at radius 1 is 1.18 bits per heavy atom. The molecule has 0 aliphatic heterocycles. The second-order valence-corrected chi connectivity index (χ2v) is 6.76. The molecule has 7 heteroatoms. The zero-order valence-electron chi connectivity index (χ0n) is 16.2. The molecule has 0 atom stereocenters.